The lowest BCUT2D eigenvalue weighted by Crippen LogP contribution is -2.23. The summed E-state index contributed by atoms with van der Waals surface area (Å²) in [6.07, 6.45) is 1.88. The number of nitrogens with zero attached hydrogens (tertiary/aromatic N) is 2. The Morgan fingerprint density at radius 2 is 2.08 bits per heavy atom. The molecule has 2 heterocycles. The second-order valence-electron chi connectivity index (χ2n) is 5.66. The van der Waals surface area contributed by atoms with Gasteiger partial charge in [-0.3, -0.25) is 9.89 Å². The first-order chi connectivity index (χ1) is 11.7. The number of carbonyl (C=O) groups is 1. The topological polar surface area (TPSA) is 83.8 Å². The van der Waals surface area contributed by atoms with Crippen molar-refractivity contribution >= 4 is 5.91 Å². The Morgan fingerprint density at radius 1 is 1.29 bits per heavy atom. The van der Waals surface area contributed by atoms with Crippen molar-refractivity contribution in [1.29, 1.82) is 0 Å². The lowest BCUT2D eigenvalue weighted by atomic mass is 10.1. The highest BCUT2D eigenvalue weighted by atomic mass is 16.5. The minimum Gasteiger partial charge on any atom is -0.359 e. The highest BCUT2D eigenvalue weighted by molar-refractivity contribution is 5.95. The van der Waals surface area contributed by atoms with Crippen LogP contribution in [0.2, 0.25) is 0 Å². The number of benzene rings is 1. The minimum absolute atomic E-state index is 0.212. The Labute approximate surface area is 140 Å². The van der Waals surface area contributed by atoms with Crippen LogP contribution in [0.4, 0.5) is 0 Å². The van der Waals surface area contributed by atoms with E-state index in [1.165, 1.54) is 0 Å². The van der Waals surface area contributed by atoms with E-state index in [0.29, 0.717) is 18.0 Å². The van der Waals surface area contributed by atoms with E-state index in [0.717, 1.165) is 35.4 Å². The molecule has 0 saturated heterocycles. The molecule has 3 rings (SSSR count). The second-order valence-corrected chi connectivity index (χ2v) is 5.66. The minimum atomic E-state index is -0.212. The summed E-state index contributed by atoms with van der Waals surface area (Å²) < 4.78 is 5.22. The van der Waals surface area contributed by atoms with Crippen LogP contribution in [0.15, 0.2) is 40.9 Å². The fourth-order valence-electron chi connectivity index (χ4n) is 2.56. The van der Waals surface area contributed by atoms with Gasteiger partial charge in [0.25, 0.3) is 5.91 Å². The van der Waals surface area contributed by atoms with Gasteiger partial charge in [0.2, 0.25) is 0 Å². The van der Waals surface area contributed by atoms with E-state index in [2.05, 4.69) is 27.6 Å². The summed E-state index contributed by atoms with van der Waals surface area (Å²) in [5, 5.41) is 13.9. The van der Waals surface area contributed by atoms with Crippen molar-refractivity contribution in [3.05, 3.63) is 59.1 Å². The van der Waals surface area contributed by atoms with Gasteiger partial charge >= 0.3 is 0 Å². The molecule has 3 aromatic rings. The van der Waals surface area contributed by atoms with Gasteiger partial charge in [0, 0.05) is 17.2 Å². The Balaban J connectivity index is 1.68. The van der Waals surface area contributed by atoms with Crippen LogP contribution in [0.5, 0.6) is 0 Å². The predicted molar refractivity (Wildman–Crippen MR) is 90.4 cm³/mol. The highest BCUT2D eigenvalue weighted by Crippen LogP contribution is 2.22. The molecule has 0 aliphatic heterocycles. The zero-order valence-corrected chi connectivity index (χ0v) is 13.8. The molecule has 0 saturated carbocycles. The van der Waals surface area contributed by atoms with Crippen LogP contribution in [-0.4, -0.2) is 21.3 Å². The summed E-state index contributed by atoms with van der Waals surface area (Å²) in [6.45, 7) is 4.27. The number of aromatic nitrogens is 3. The number of hydrogen-bond donors (Lipinski definition) is 2. The predicted octanol–water partition coefficient (Wildman–Crippen LogP) is 3.26. The average Bonchev–Trinajstić information content (AvgIpc) is 3.20. The van der Waals surface area contributed by atoms with Gasteiger partial charge in [0.05, 0.1) is 17.9 Å². The first-order valence-electron chi connectivity index (χ1n) is 8.02. The lowest BCUT2D eigenvalue weighted by Gasteiger charge is -2.02. The van der Waals surface area contributed by atoms with Gasteiger partial charge in [0.15, 0.2) is 5.76 Å². The molecule has 0 bridgehead atoms. The van der Waals surface area contributed by atoms with Crippen molar-refractivity contribution in [1.82, 2.24) is 20.7 Å². The average molecular weight is 324 g/mol. The summed E-state index contributed by atoms with van der Waals surface area (Å²) in [7, 11) is 0. The molecule has 1 aromatic carbocycles. The Bertz CT molecular complexity index is 821. The van der Waals surface area contributed by atoms with Gasteiger partial charge in [-0.15, -0.1) is 0 Å². The van der Waals surface area contributed by atoms with Crippen LogP contribution < -0.4 is 5.32 Å². The third-order valence-electron chi connectivity index (χ3n) is 3.82. The molecule has 0 radical (unpaired) electrons. The fraction of sp³-hybridized carbons (Fsp3) is 0.278. The van der Waals surface area contributed by atoms with Crippen LogP contribution in [0, 0.1) is 6.92 Å². The molecule has 6 nitrogen and oxygen atoms in total. The standard InChI is InChI=1S/C18H20N4O2/c1-3-7-14-10-15(24-22-14)11-19-18(23)17-12(2)16(20-21-17)13-8-5-4-6-9-13/h4-6,8-10H,3,7,11H2,1-2H3,(H,19,23)(H,20,21). The Morgan fingerprint density at radius 3 is 2.83 bits per heavy atom. The zero-order valence-electron chi connectivity index (χ0n) is 13.8. The van der Waals surface area contributed by atoms with Gasteiger partial charge in [-0.05, 0) is 13.3 Å². The molecule has 0 fully saturated rings. The summed E-state index contributed by atoms with van der Waals surface area (Å²) in [5.41, 5.74) is 3.95. The summed E-state index contributed by atoms with van der Waals surface area (Å²) >= 11 is 0. The number of hydrogen-bond acceptors (Lipinski definition) is 4. The quantitative estimate of drug-likeness (QED) is 0.729. The maximum Gasteiger partial charge on any atom is 0.269 e. The molecule has 0 atom stereocenters. The largest absolute Gasteiger partial charge is 0.359 e. The third-order valence-corrected chi connectivity index (χ3v) is 3.82. The monoisotopic (exact) mass is 324 g/mol. The molecular formula is C18H20N4O2. The number of rotatable bonds is 6. The molecule has 0 unspecified atom stereocenters. The van der Waals surface area contributed by atoms with Crippen molar-refractivity contribution in [2.45, 2.75) is 33.2 Å². The molecule has 0 spiro atoms. The number of amides is 1. The summed E-state index contributed by atoms with van der Waals surface area (Å²) in [4.78, 5) is 12.4. The second kappa shape index (κ2) is 7.12. The first kappa shape index (κ1) is 16.0. The van der Waals surface area contributed by atoms with Crippen molar-refractivity contribution in [2.24, 2.45) is 0 Å². The van der Waals surface area contributed by atoms with Crippen LogP contribution in [-0.2, 0) is 13.0 Å². The molecule has 0 aliphatic rings. The van der Waals surface area contributed by atoms with Gasteiger partial charge in [-0.1, -0.05) is 48.8 Å². The van der Waals surface area contributed by atoms with E-state index in [1.807, 2.05) is 43.3 Å². The van der Waals surface area contributed by atoms with Crippen LogP contribution in [0.25, 0.3) is 11.3 Å². The van der Waals surface area contributed by atoms with E-state index in [4.69, 9.17) is 4.52 Å². The molecule has 6 heteroatoms. The molecule has 0 aliphatic carbocycles. The van der Waals surface area contributed by atoms with Gasteiger partial charge in [-0.2, -0.15) is 5.10 Å². The van der Waals surface area contributed by atoms with Crippen LogP contribution in [0.3, 0.4) is 0 Å². The molecular weight excluding hydrogens is 304 g/mol. The van der Waals surface area contributed by atoms with E-state index in [1.54, 1.807) is 0 Å². The molecule has 1 amide bonds. The Hall–Kier alpha value is -2.89. The molecule has 24 heavy (non-hydrogen) atoms. The number of aromatic amines is 1. The maximum atomic E-state index is 12.4. The number of nitrogens with one attached hydrogen (secondary N) is 2. The van der Waals surface area contributed by atoms with Gasteiger partial charge in [0.1, 0.15) is 5.69 Å². The van der Waals surface area contributed by atoms with Crippen molar-refractivity contribution < 1.29 is 9.32 Å². The molecule has 2 aromatic heterocycles. The van der Waals surface area contributed by atoms with E-state index < -0.39 is 0 Å². The normalized spacial score (nSPS) is 10.8. The highest BCUT2D eigenvalue weighted by Gasteiger charge is 2.17. The third kappa shape index (κ3) is 3.37. The SMILES string of the molecule is CCCc1cc(CNC(=O)c2[nH]nc(-c3ccccc3)c2C)on1. The summed E-state index contributed by atoms with van der Waals surface area (Å²) in [6, 6.07) is 11.6. The maximum absolute atomic E-state index is 12.4. The van der Waals surface area contributed by atoms with E-state index in [-0.39, 0.29) is 5.91 Å². The zero-order chi connectivity index (χ0) is 16.9. The Kier molecular flexibility index (Phi) is 4.74. The number of H-pyrrole nitrogens is 1. The first-order valence-corrected chi connectivity index (χ1v) is 8.02. The summed E-state index contributed by atoms with van der Waals surface area (Å²) in [5.74, 6) is 0.433. The van der Waals surface area contributed by atoms with Crippen molar-refractivity contribution in [3.63, 3.8) is 0 Å². The van der Waals surface area contributed by atoms with Gasteiger partial charge < -0.3 is 9.84 Å². The van der Waals surface area contributed by atoms with E-state index >= 15 is 0 Å². The lowest BCUT2D eigenvalue weighted by molar-refractivity contribution is 0.0941. The van der Waals surface area contributed by atoms with E-state index in [9.17, 15) is 4.79 Å². The molecule has 124 valence electrons. The van der Waals surface area contributed by atoms with Crippen LogP contribution >= 0.6 is 0 Å². The van der Waals surface area contributed by atoms with Crippen molar-refractivity contribution in [3.8, 4) is 11.3 Å². The van der Waals surface area contributed by atoms with Crippen molar-refractivity contribution in [2.75, 3.05) is 0 Å². The fourth-order valence-corrected chi connectivity index (χ4v) is 2.56. The van der Waals surface area contributed by atoms with Crippen LogP contribution in [0.1, 0.15) is 40.9 Å². The number of aryl methyl sites for hydroxylation is 1. The smallest absolute Gasteiger partial charge is 0.269 e. The molecule has 2 N–H and O–H groups in total. The van der Waals surface area contributed by atoms with Gasteiger partial charge in [-0.25, -0.2) is 0 Å². The number of carbonyl (C=O) groups excluding carboxylic acids is 1.